The normalized spacial score (nSPS) is 13.2. The smallest absolute Gasteiger partial charge is 0.184 e. The fourth-order valence-corrected chi connectivity index (χ4v) is 21.7. The topological polar surface area (TPSA) is 32.8 Å². The quantitative estimate of drug-likeness (QED) is 0.101. The maximum Gasteiger partial charge on any atom is 0.184 e. The van der Waals surface area contributed by atoms with Gasteiger partial charge in [0.1, 0.15) is 11.2 Å². The maximum atomic E-state index is 7.83. The Morgan fingerprint density at radius 2 is 0.722 bits per heavy atom. The van der Waals surface area contributed by atoms with Crippen molar-refractivity contribution in [1.29, 1.82) is 0 Å². The Morgan fingerprint density at radius 1 is 0.299 bits per heavy atom. The van der Waals surface area contributed by atoms with E-state index in [0.29, 0.717) is 0 Å². The minimum Gasteiger partial charge on any atom is -0.454 e. The molecule has 466 valence electrons. The highest BCUT2D eigenvalue weighted by Gasteiger charge is 2.53. The molecule has 0 radical (unpaired) electrons. The van der Waals surface area contributed by atoms with Crippen molar-refractivity contribution in [3.63, 3.8) is 0 Å². The first-order valence-corrected chi connectivity index (χ1v) is 36.1. The summed E-state index contributed by atoms with van der Waals surface area (Å²) in [7, 11) is -3.06. The number of anilines is 6. The number of fused-ring (bicyclic) bond motifs is 18. The maximum absolute atomic E-state index is 7.83. The molecule has 0 N–H and O–H groups in total. The number of benzene rings is 14. The number of hydrogen-bond acceptors (Lipinski definition) is 4. The Morgan fingerprint density at radius 3 is 1.27 bits per heavy atom. The van der Waals surface area contributed by atoms with Gasteiger partial charge in [-0.2, -0.15) is 0 Å². The van der Waals surface area contributed by atoms with Crippen LogP contribution in [0.1, 0.15) is 80.5 Å². The fourth-order valence-electron chi connectivity index (χ4n) is 16.8. The summed E-state index contributed by atoms with van der Waals surface area (Å²) in [4.78, 5) is 4.96. The molecule has 0 aliphatic heterocycles. The molecule has 97 heavy (non-hydrogen) atoms. The number of para-hydroxylation sites is 4. The van der Waals surface area contributed by atoms with Crippen LogP contribution in [-0.2, 0) is 16.2 Å². The van der Waals surface area contributed by atoms with Crippen molar-refractivity contribution in [2.75, 3.05) is 9.80 Å². The summed E-state index contributed by atoms with van der Waals surface area (Å²) >= 11 is 0. The van der Waals surface area contributed by atoms with E-state index in [9.17, 15) is 0 Å². The van der Waals surface area contributed by atoms with E-state index in [4.69, 9.17) is 8.83 Å². The van der Waals surface area contributed by atoms with Gasteiger partial charge in [-0.25, -0.2) is 0 Å². The second-order valence-electron chi connectivity index (χ2n) is 28.7. The van der Waals surface area contributed by atoms with Crippen molar-refractivity contribution < 1.29 is 8.83 Å². The third-order valence-corrected chi connectivity index (χ3v) is 26.0. The van der Waals surface area contributed by atoms with E-state index in [1.54, 1.807) is 0 Å². The zero-order valence-corrected chi connectivity index (χ0v) is 56.7. The molecule has 18 rings (SSSR count). The first kappa shape index (κ1) is 58.3. The number of rotatable bonds is 10. The van der Waals surface area contributed by atoms with Crippen molar-refractivity contribution in [2.24, 2.45) is 0 Å². The summed E-state index contributed by atoms with van der Waals surface area (Å²) in [6.45, 7) is 15.9. The van der Waals surface area contributed by atoms with Gasteiger partial charge in [0.2, 0.25) is 0 Å². The number of hydrogen-bond donors (Lipinski definition) is 0. The summed E-state index contributed by atoms with van der Waals surface area (Å²) in [5.74, 6) is 0. The molecule has 2 aliphatic rings. The second-order valence-corrected chi connectivity index (χ2v) is 32.5. The van der Waals surface area contributed by atoms with Gasteiger partial charge in [-0.3, -0.25) is 0 Å². The molecule has 2 aromatic heterocycles. The predicted octanol–water partition coefficient (Wildman–Crippen LogP) is 22.2. The molecule has 2 aliphatic carbocycles. The van der Waals surface area contributed by atoms with Gasteiger partial charge in [0.25, 0.3) is 0 Å². The minimum atomic E-state index is -3.06. The largest absolute Gasteiger partial charge is 0.454 e. The van der Waals surface area contributed by atoms with Crippen molar-refractivity contribution in [3.8, 4) is 22.3 Å². The second kappa shape index (κ2) is 21.9. The van der Waals surface area contributed by atoms with Gasteiger partial charge in [0.05, 0.1) is 22.5 Å². The van der Waals surface area contributed by atoms with Gasteiger partial charge in [-0.05, 0) is 160 Å². The van der Waals surface area contributed by atoms with Crippen molar-refractivity contribution in [2.45, 2.75) is 64.7 Å². The zero-order chi connectivity index (χ0) is 65.5. The molecule has 1 spiro atoms. The highest BCUT2D eigenvalue weighted by Crippen LogP contribution is 2.66. The van der Waals surface area contributed by atoms with Crippen LogP contribution in [0.5, 0.6) is 0 Å². The van der Waals surface area contributed by atoms with Crippen LogP contribution in [0.25, 0.3) is 76.9 Å². The summed E-state index contributed by atoms with van der Waals surface area (Å²) in [6, 6.07) is 116. The highest BCUT2D eigenvalue weighted by atomic mass is 28.3. The minimum absolute atomic E-state index is 0.0458. The fraction of sp³-hybridized carbons (Fsp3) is 0.109. The van der Waals surface area contributed by atoms with Gasteiger partial charge in [0, 0.05) is 44.0 Å². The van der Waals surface area contributed by atoms with Gasteiger partial charge in [-0.15, -0.1) is 0 Å². The molecule has 0 saturated heterocycles. The average Bonchev–Trinajstić information content (AvgIpc) is 1.51. The van der Waals surface area contributed by atoms with E-state index >= 15 is 0 Å². The molecule has 0 saturated carbocycles. The summed E-state index contributed by atoms with van der Waals surface area (Å²) < 4.78 is 15.0. The molecule has 16 aromatic rings. The molecule has 0 atom stereocenters. The van der Waals surface area contributed by atoms with Crippen LogP contribution in [0, 0.1) is 6.92 Å². The van der Waals surface area contributed by atoms with Crippen molar-refractivity contribution in [3.05, 3.63) is 348 Å². The lowest BCUT2D eigenvalue weighted by Gasteiger charge is -2.34. The SMILES string of the molecule is Cc1cccc2c1oc1c(N(c3ccc(C(C)(C)C)cc3)c3cc4c(c5ccccc35)-c3ccc(N(c5ccc(C(C)(C)C)cc5)c5cccc6c5oc5c([Si](c7ccccc7)(c7ccccc7)c7ccccc7)cccc56)cc3C43c4ccccc4-c4ccccc43)cccc12. The average molecular weight is 1270 g/mol. The van der Waals surface area contributed by atoms with E-state index in [1.165, 1.54) is 81.8 Å². The van der Waals surface area contributed by atoms with E-state index in [-0.39, 0.29) is 10.8 Å². The van der Waals surface area contributed by atoms with E-state index < -0.39 is 13.5 Å². The van der Waals surface area contributed by atoms with Crippen LogP contribution in [0.3, 0.4) is 0 Å². The van der Waals surface area contributed by atoms with Gasteiger partial charge in [0.15, 0.2) is 19.2 Å². The van der Waals surface area contributed by atoms with Crippen LogP contribution >= 0.6 is 0 Å². The third-order valence-electron chi connectivity index (χ3n) is 21.2. The molecular formula is C92H72N2O2Si. The molecule has 5 heteroatoms. The molecule has 0 bridgehead atoms. The Hall–Kier alpha value is -11.2. The molecular weight excluding hydrogens is 1190 g/mol. The van der Waals surface area contributed by atoms with Crippen LogP contribution in [0.15, 0.2) is 318 Å². The first-order valence-electron chi connectivity index (χ1n) is 34.1. The van der Waals surface area contributed by atoms with Crippen LogP contribution in [0.2, 0.25) is 0 Å². The summed E-state index contributed by atoms with van der Waals surface area (Å²) in [5, 5.41) is 11.8. The lowest BCUT2D eigenvalue weighted by atomic mass is 9.70. The zero-order valence-electron chi connectivity index (χ0n) is 55.7. The Bertz CT molecular complexity index is 5650. The standard InChI is InChI=1S/C92H72N2O2Si/c1-59-27-23-38-72-73-39-25-45-82(88(73)95-86(59)72)94(63-53-49-61(50-54-63)91(5,6)7)83-58-80-85(71-37-18-17-36-70(71)83)76-56-55-64(57-79(76)92(80)77-42-21-19-34-68(77)69-35-20-22-43-78(69)92)93(62-51-47-60(48-52-62)90(2,3)4)81-44-24-40-74-75-41-26-46-84(89(75)96-87(74)81)97(65-28-11-8-12-29-65,66-30-13-9-14-31-66)67-32-15-10-16-33-67/h8-58H,1-7H3. The third kappa shape index (κ3) is 8.67. The van der Waals surface area contributed by atoms with E-state index in [2.05, 4.69) is 368 Å². The predicted molar refractivity (Wildman–Crippen MR) is 410 cm³/mol. The lowest BCUT2D eigenvalue weighted by molar-refractivity contribution is 0.590. The molecule has 2 heterocycles. The number of nitrogens with zero attached hydrogens (tertiary/aromatic N) is 2. The number of furan rings is 2. The van der Waals surface area contributed by atoms with Crippen LogP contribution in [0.4, 0.5) is 34.1 Å². The van der Waals surface area contributed by atoms with Gasteiger partial charge >= 0.3 is 0 Å². The number of aryl methyl sites for hydroxylation is 1. The highest BCUT2D eigenvalue weighted by molar-refractivity contribution is 7.20. The molecule has 4 nitrogen and oxygen atoms in total. The van der Waals surface area contributed by atoms with Crippen molar-refractivity contribution in [1.82, 2.24) is 0 Å². The van der Waals surface area contributed by atoms with E-state index in [0.717, 1.165) is 89.0 Å². The molecule has 0 amide bonds. The summed E-state index contributed by atoms with van der Waals surface area (Å²) in [5.41, 5.74) is 22.4. The van der Waals surface area contributed by atoms with Gasteiger partial charge in [-0.1, -0.05) is 296 Å². The lowest BCUT2D eigenvalue weighted by Crippen LogP contribution is -2.74. The van der Waals surface area contributed by atoms with Crippen LogP contribution < -0.4 is 30.5 Å². The molecule has 14 aromatic carbocycles. The molecule has 0 unspecified atom stereocenters. The Balaban J connectivity index is 0.912. The van der Waals surface area contributed by atoms with Crippen LogP contribution in [-0.4, -0.2) is 8.07 Å². The first-order chi connectivity index (χ1) is 47.3. The Kier molecular flexibility index (Phi) is 13.2. The van der Waals surface area contributed by atoms with Gasteiger partial charge < -0.3 is 18.6 Å². The monoisotopic (exact) mass is 1260 g/mol. The molecule has 0 fully saturated rings. The van der Waals surface area contributed by atoms with Crippen molar-refractivity contribution >= 4 is 118 Å². The Labute approximate surface area is 568 Å². The summed E-state index contributed by atoms with van der Waals surface area (Å²) in [6.07, 6.45) is 0. The van der Waals surface area contributed by atoms with E-state index in [1.807, 2.05) is 0 Å².